The van der Waals surface area contributed by atoms with Crippen molar-refractivity contribution in [2.24, 2.45) is 0 Å². The summed E-state index contributed by atoms with van der Waals surface area (Å²) in [6.45, 7) is 0. The monoisotopic (exact) mass is 820 g/mol. The topological polar surface area (TPSA) is 8.17 Å². The van der Waals surface area contributed by atoms with Crippen molar-refractivity contribution in [3.63, 3.8) is 0 Å². The van der Waals surface area contributed by atoms with E-state index in [2.05, 4.69) is 252 Å². The van der Waals surface area contributed by atoms with E-state index in [4.69, 9.17) is 0 Å². The summed E-state index contributed by atoms with van der Waals surface area (Å²) in [6, 6.07) is 88.4. The van der Waals surface area contributed by atoms with Crippen molar-refractivity contribution >= 4 is 70.4 Å². The molecule has 0 N–H and O–H groups in total. The lowest BCUT2D eigenvalue weighted by atomic mass is 9.95. The van der Waals surface area contributed by atoms with Crippen LogP contribution in [0.3, 0.4) is 0 Å². The van der Waals surface area contributed by atoms with Gasteiger partial charge in [0.05, 0.1) is 33.8 Å². The van der Waals surface area contributed by atoms with Gasteiger partial charge in [-0.1, -0.05) is 194 Å². The summed E-state index contributed by atoms with van der Waals surface area (Å²) in [5.74, 6) is 0. The van der Waals surface area contributed by atoms with Crippen molar-refractivity contribution in [2.75, 3.05) is 4.90 Å². The predicted octanol–water partition coefficient (Wildman–Crippen LogP) is 17.3. The maximum absolute atomic E-state index is 2.52. The first-order chi connectivity index (χ1) is 31.3. The Morgan fingerprint density at radius 1 is 0.317 bits per heavy atom. The van der Waals surface area contributed by atoms with Crippen LogP contribution in [0.1, 0.15) is 0 Å². The Morgan fingerprint density at radius 3 is 1.65 bits per heavy atom. The maximum atomic E-state index is 2.52. The van der Waals surface area contributed by atoms with Gasteiger partial charge in [0.2, 0.25) is 0 Å². The highest BCUT2D eigenvalue weighted by atomic mass is 32.1. The zero-order valence-corrected chi connectivity index (χ0v) is 35.2. The van der Waals surface area contributed by atoms with Crippen LogP contribution in [0.15, 0.2) is 243 Å². The van der Waals surface area contributed by atoms with Crippen LogP contribution < -0.4 is 4.90 Å². The predicted molar refractivity (Wildman–Crippen MR) is 270 cm³/mol. The van der Waals surface area contributed by atoms with Crippen LogP contribution in [-0.4, -0.2) is 4.57 Å². The van der Waals surface area contributed by atoms with Gasteiger partial charge in [0.15, 0.2) is 0 Å². The third-order valence-corrected chi connectivity index (χ3v) is 13.6. The summed E-state index contributed by atoms with van der Waals surface area (Å²) >= 11 is 1.88. The highest BCUT2D eigenvalue weighted by Gasteiger charge is 2.26. The highest BCUT2D eigenvalue weighted by Crippen LogP contribution is 2.50. The van der Waals surface area contributed by atoms with Gasteiger partial charge in [-0.15, -0.1) is 11.3 Å². The number of para-hydroxylation sites is 3. The average molecular weight is 821 g/mol. The molecule has 0 aliphatic rings. The molecule has 12 rings (SSSR count). The Morgan fingerprint density at radius 2 is 0.857 bits per heavy atom. The average Bonchev–Trinajstić information content (AvgIpc) is 3.92. The summed E-state index contributed by atoms with van der Waals surface area (Å²) in [5, 5.41) is 4.99. The highest BCUT2D eigenvalue weighted by molar-refractivity contribution is 7.26. The molecule has 0 unspecified atom stereocenters. The van der Waals surface area contributed by atoms with E-state index in [0.717, 1.165) is 50.5 Å². The largest absolute Gasteiger partial charge is 0.309 e. The molecule has 0 spiro atoms. The summed E-state index contributed by atoms with van der Waals surface area (Å²) in [5.41, 5.74) is 16.2. The summed E-state index contributed by atoms with van der Waals surface area (Å²) in [6.07, 6.45) is 0. The fraction of sp³-hybridized carbons (Fsp3) is 0. The quantitative estimate of drug-likeness (QED) is 0.148. The molecule has 0 radical (unpaired) electrons. The molecule has 63 heavy (non-hydrogen) atoms. The minimum absolute atomic E-state index is 1.10. The van der Waals surface area contributed by atoms with Crippen LogP contribution in [0.25, 0.3) is 92.2 Å². The zero-order chi connectivity index (χ0) is 41.7. The molecular weight excluding hydrogens is 781 g/mol. The molecule has 2 heterocycles. The second-order valence-electron chi connectivity index (χ2n) is 16.0. The van der Waals surface area contributed by atoms with E-state index in [1.54, 1.807) is 0 Å². The van der Waals surface area contributed by atoms with E-state index in [1.165, 1.54) is 58.8 Å². The normalized spacial score (nSPS) is 11.5. The van der Waals surface area contributed by atoms with Crippen molar-refractivity contribution in [3.8, 4) is 50.2 Å². The number of aromatic nitrogens is 1. The number of thiophene rings is 1. The number of benzene rings is 10. The first-order valence-electron chi connectivity index (χ1n) is 21.5. The van der Waals surface area contributed by atoms with Gasteiger partial charge in [-0.2, -0.15) is 0 Å². The molecule has 12 aromatic rings. The number of rotatable bonds is 8. The second kappa shape index (κ2) is 15.5. The Labute approximate surface area is 370 Å². The lowest BCUT2D eigenvalue weighted by molar-refractivity contribution is 1.18. The molecule has 0 aliphatic carbocycles. The fourth-order valence-corrected chi connectivity index (χ4v) is 10.8. The number of anilines is 3. The van der Waals surface area contributed by atoms with E-state index in [9.17, 15) is 0 Å². The van der Waals surface area contributed by atoms with Gasteiger partial charge < -0.3 is 9.47 Å². The number of hydrogen-bond donors (Lipinski definition) is 0. The molecule has 0 fully saturated rings. The third kappa shape index (κ3) is 6.24. The lowest BCUT2D eigenvalue weighted by Crippen LogP contribution is -2.13. The smallest absolute Gasteiger partial charge is 0.0562 e. The maximum Gasteiger partial charge on any atom is 0.0562 e. The van der Waals surface area contributed by atoms with Gasteiger partial charge in [0, 0.05) is 53.2 Å². The van der Waals surface area contributed by atoms with Crippen molar-refractivity contribution < 1.29 is 0 Å². The van der Waals surface area contributed by atoms with Crippen molar-refractivity contribution in [1.82, 2.24) is 4.57 Å². The van der Waals surface area contributed by atoms with Crippen LogP contribution in [-0.2, 0) is 0 Å². The lowest BCUT2D eigenvalue weighted by Gasteiger charge is -2.31. The second-order valence-corrected chi connectivity index (χ2v) is 17.1. The molecule has 0 saturated heterocycles. The third-order valence-electron chi connectivity index (χ3n) is 12.4. The Hall–Kier alpha value is -7.98. The van der Waals surface area contributed by atoms with Gasteiger partial charge in [0.25, 0.3) is 0 Å². The summed E-state index contributed by atoms with van der Waals surface area (Å²) in [7, 11) is 0. The summed E-state index contributed by atoms with van der Waals surface area (Å²) < 4.78 is 5.11. The molecule has 2 aromatic heterocycles. The van der Waals surface area contributed by atoms with Crippen molar-refractivity contribution in [3.05, 3.63) is 243 Å². The van der Waals surface area contributed by atoms with Crippen LogP contribution in [0.2, 0.25) is 0 Å². The number of fused-ring (bicyclic) bond motifs is 6. The first-order valence-corrected chi connectivity index (χ1v) is 22.3. The van der Waals surface area contributed by atoms with E-state index >= 15 is 0 Å². The first kappa shape index (κ1) is 36.8. The Bertz CT molecular complexity index is 3620. The van der Waals surface area contributed by atoms with Crippen LogP contribution >= 0.6 is 11.3 Å². The number of hydrogen-bond acceptors (Lipinski definition) is 2. The minimum Gasteiger partial charge on any atom is -0.309 e. The molecule has 0 bridgehead atoms. The van der Waals surface area contributed by atoms with Crippen molar-refractivity contribution in [1.29, 1.82) is 0 Å². The molecule has 296 valence electrons. The van der Waals surface area contributed by atoms with Gasteiger partial charge >= 0.3 is 0 Å². The molecule has 0 amide bonds. The fourth-order valence-electron chi connectivity index (χ4n) is 9.61. The molecule has 0 saturated carbocycles. The van der Waals surface area contributed by atoms with E-state index in [-0.39, 0.29) is 0 Å². The van der Waals surface area contributed by atoms with Crippen LogP contribution in [0.5, 0.6) is 0 Å². The Balaban J connectivity index is 1.16. The molecule has 2 nitrogen and oxygen atoms in total. The SMILES string of the molecule is c1ccc(-c2ccc(N(c3ccccc3-c3ccccc3)c3cccc4c3c3ccccc3n4-c3ccccc3-c3cccc4c3sc3ccccc34)c(-c3ccccc3)c2)cc1. The molecule has 0 atom stereocenters. The van der Waals surface area contributed by atoms with Gasteiger partial charge in [0.1, 0.15) is 0 Å². The van der Waals surface area contributed by atoms with Gasteiger partial charge in [-0.25, -0.2) is 0 Å². The molecule has 0 aliphatic heterocycles. The van der Waals surface area contributed by atoms with E-state index < -0.39 is 0 Å². The minimum atomic E-state index is 1.10. The van der Waals surface area contributed by atoms with Crippen LogP contribution in [0.4, 0.5) is 17.1 Å². The Kier molecular flexibility index (Phi) is 9.06. The van der Waals surface area contributed by atoms with E-state index in [0.29, 0.717) is 0 Å². The molecule has 3 heteroatoms. The van der Waals surface area contributed by atoms with Gasteiger partial charge in [-0.05, 0) is 70.8 Å². The molecular formula is C60H40N2S. The van der Waals surface area contributed by atoms with E-state index in [1.807, 2.05) is 11.3 Å². The summed E-state index contributed by atoms with van der Waals surface area (Å²) in [4.78, 5) is 2.52. The standard InChI is InChI=1S/C60H40N2S/c1-4-20-41(21-5-1)44-38-39-55(51(40-44)43-24-8-3-9-25-43)61(52-32-14-10-26-45(52)42-22-6-2-7-23-42)56-35-19-36-57-59(56)50-29-12-16-34-54(50)62(57)53-33-15-11-27-46(53)48-30-18-31-49-47-28-13-17-37-58(47)63-60(48)49/h1-40H. The van der Waals surface area contributed by atoms with Gasteiger partial charge in [-0.3, -0.25) is 0 Å². The number of nitrogens with zero attached hydrogens (tertiary/aromatic N) is 2. The zero-order valence-electron chi connectivity index (χ0n) is 34.4. The van der Waals surface area contributed by atoms with Crippen molar-refractivity contribution in [2.45, 2.75) is 0 Å². The molecule has 10 aromatic carbocycles. The van der Waals surface area contributed by atoms with Crippen LogP contribution in [0, 0.1) is 0 Å².